The van der Waals surface area contributed by atoms with Gasteiger partial charge in [0.1, 0.15) is 10.7 Å². The summed E-state index contributed by atoms with van der Waals surface area (Å²) in [5.74, 6) is -0.270. The van der Waals surface area contributed by atoms with E-state index in [0.717, 1.165) is 22.2 Å². The second-order valence-electron chi connectivity index (χ2n) is 7.33. The molecule has 7 nitrogen and oxygen atoms in total. The maximum absolute atomic E-state index is 13.5. The molecular formula is C24H29N3O4S. The van der Waals surface area contributed by atoms with Crippen molar-refractivity contribution < 1.29 is 19.1 Å². The third-order valence-corrected chi connectivity index (χ3v) is 5.84. The predicted octanol–water partition coefficient (Wildman–Crippen LogP) is 3.74. The molecular weight excluding hydrogens is 426 g/mol. The van der Waals surface area contributed by atoms with Crippen molar-refractivity contribution in [3.8, 4) is 0 Å². The van der Waals surface area contributed by atoms with Crippen molar-refractivity contribution in [2.45, 2.75) is 19.4 Å². The molecule has 3 aromatic rings. The standard InChI is InChI=1S/C24H29N3O4S/c1-30-14-6-12-25-23(28)21-17-32-22(26-21)16-27(13-7-15-31-2)24(29)20-11-5-9-18-8-3-4-10-19(18)20/h3-5,8-11,17H,6-7,12-16H2,1-2H3,(H,25,28). The molecule has 32 heavy (non-hydrogen) atoms. The zero-order chi connectivity index (χ0) is 22.8. The van der Waals surface area contributed by atoms with Gasteiger partial charge in [0, 0.05) is 51.5 Å². The van der Waals surface area contributed by atoms with Crippen molar-refractivity contribution in [3.63, 3.8) is 0 Å². The Morgan fingerprint density at radius 3 is 2.59 bits per heavy atom. The number of benzene rings is 2. The van der Waals surface area contributed by atoms with Crippen LogP contribution in [0.4, 0.5) is 0 Å². The third-order valence-electron chi connectivity index (χ3n) is 5.01. The quantitative estimate of drug-likeness (QED) is 0.421. The highest BCUT2D eigenvalue weighted by Crippen LogP contribution is 2.22. The van der Waals surface area contributed by atoms with Crippen LogP contribution < -0.4 is 5.32 Å². The zero-order valence-corrected chi connectivity index (χ0v) is 19.3. The number of carbonyl (C=O) groups is 2. The number of hydrogen-bond acceptors (Lipinski definition) is 6. The Hall–Kier alpha value is -2.81. The molecule has 0 aliphatic carbocycles. The average molecular weight is 456 g/mol. The lowest BCUT2D eigenvalue weighted by atomic mass is 10.0. The Morgan fingerprint density at radius 2 is 1.78 bits per heavy atom. The maximum atomic E-state index is 13.5. The summed E-state index contributed by atoms with van der Waals surface area (Å²) >= 11 is 1.38. The Labute approximate surface area is 192 Å². The normalized spacial score (nSPS) is 10.9. The molecule has 0 aliphatic heterocycles. The van der Waals surface area contributed by atoms with E-state index in [4.69, 9.17) is 9.47 Å². The van der Waals surface area contributed by atoms with Gasteiger partial charge in [0.25, 0.3) is 11.8 Å². The van der Waals surface area contributed by atoms with Gasteiger partial charge in [-0.05, 0) is 29.7 Å². The van der Waals surface area contributed by atoms with Gasteiger partial charge in [0.15, 0.2) is 0 Å². The molecule has 3 rings (SSSR count). The SMILES string of the molecule is COCCCNC(=O)c1csc(CN(CCCOC)C(=O)c2cccc3ccccc23)n1. The lowest BCUT2D eigenvalue weighted by molar-refractivity contribution is 0.0725. The molecule has 1 N–H and O–H groups in total. The molecule has 0 fully saturated rings. The first-order valence-corrected chi connectivity index (χ1v) is 11.5. The van der Waals surface area contributed by atoms with Crippen molar-refractivity contribution in [1.29, 1.82) is 0 Å². The van der Waals surface area contributed by atoms with Crippen LogP contribution in [0, 0.1) is 0 Å². The summed E-state index contributed by atoms with van der Waals surface area (Å²) in [4.78, 5) is 32.0. The molecule has 2 aromatic carbocycles. The monoisotopic (exact) mass is 455 g/mol. The summed E-state index contributed by atoms with van der Waals surface area (Å²) < 4.78 is 10.2. The number of hydrogen-bond donors (Lipinski definition) is 1. The van der Waals surface area contributed by atoms with E-state index in [2.05, 4.69) is 10.3 Å². The van der Waals surface area contributed by atoms with Gasteiger partial charge in [0.2, 0.25) is 0 Å². The highest BCUT2D eigenvalue weighted by molar-refractivity contribution is 7.09. The molecule has 0 saturated heterocycles. The first-order valence-electron chi connectivity index (χ1n) is 10.6. The summed E-state index contributed by atoms with van der Waals surface area (Å²) in [5.41, 5.74) is 1.03. The van der Waals surface area contributed by atoms with Crippen LogP contribution in [-0.2, 0) is 16.0 Å². The highest BCUT2D eigenvalue weighted by atomic mass is 32.1. The number of thiazole rings is 1. The van der Waals surface area contributed by atoms with Gasteiger partial charge < -0.3 is 19.7 Å². The number of nitrogens with one attached hydrogen (secondary N) is 1. The van der Waals surface area contributed by atoms with Crippen molar-refractivity contribution in [2.75, 3.05) is 40.5 Å². The molecule has 0 unspecified atom stereocenters. The van der Waals surface area contributed by atoms with E-state index in [0.29, 0.717) is 50.5 Å². The second-order valence-corrected chi connectivity index (χ2v) is 8.27. The summed E-state index contributed by atoms with van der Waals surface area (Å²) in [6.45, 7) is 2.56. The molecule has 0 saturated carbocycles. The maximum Gasteiger partial charge on any atom is 0.270 e. The fourth-order valence-electron chi connectivity index (χ4n) is 3.39. The molecule has 0 aliphatic rings. The number of aromatic nitrogens is 1. The minimum absolute atomic E-state index is 0.0568. The fourth-order valence-corrected chi connectivity index (χ4v) is 4.18. The minimum atomic E-state index is -0.213. The number of nitrogens with zero attached hydrogens (tertiary/aromatic N) is 2. The van der Waals surface area contributed by atoms with E-state index < -0.39 is 0 Å². The van der Waals surface area contributed by atoms with Gasteiger partial charge in [-0.2, -0.15) is 0 Å². The molecule has 1 aromatic heterocycles. The smallest absolute Gasteiger partial charge is 0.270 e. The van der Waals surface area contributed by atoms with Crippen molar-refractivity contribution in [2.24, 2.45) is 0 Å². The van der Waals surface area contributed by atoms with Crippen molar-refractivity contribution >= 4 is 33.9 Å². The largest absolute Gasteiger partial charge is 0.385 e. The topological polar surface area (TPSA) is 80.8 Å². The molecule has 0 atom stereocenters. The minimum Gasteiger partial charge on any atom is -0.385 e. The van der Waals surface area contributed by atoms with Crippen LogP contribution in [0.15, 0.2) is 47.8 Å². The van der Waals surface area contributed by atoms with Gasteiger partial charge in [0.05, 0.1) is 6.54 Å². The van der Waals surface area contributed by atoms with Gasteiger partial charge in [-0.25, -0.2) is 4.98 Å². The highest BCUT2D eigenvalue weighted by Gasteiger charge is 2.20. The Kier molecular flexibility index (Phi) is 9.15. The van der Waals surface area contributed by atoms with Crippen LogP contribution in [0.25, 0.3) is 10.8 Å². The summed E-state index contributed by atoms with van der Waals surface area (Å²) in [7, 11) is 3.28. The van der Waals surface area contributed by atoms with E-state index in [1.165, 1.54) is 11.3 Å². The first-order chi connectivity index (χ1) is 15.6. The van der Waals surface area contributed by atoms with Crippen LogP contribution in [0.2, 0.25) is 0 Å². The predicted molar refractivity (Wildman–Crippen MR) is 126 cm³/mol. The van der Waals surface area contributed by atoms with Crippen LogP contribution in [0.3, 0.4) is 0 Å². The second kappa shape index (κ2) is 12.3. The van der Waals surface area contributed by atoms with Crippen LogP contribution in [-0.4, -0.2) is 62.2 Å². The molecule has 0 bridgehead atoms. The number of amides is 2. The number of methoxy groups -OCH3 is 2. The summed E-state index contributed by atoms with van der Waals surface area (Å²) in [5, 5.41) is 7.24. The van der Waals surface area contributed by atoms with Crippen molar-refractivity contribution in [1.82, 2.24) is 15.2 Å². The van der Waals surface area contributed by atoms with Gasteiger partial charge in [-0.3, -0.25) is 9.59 Å². The van der Waals surface area contributed by atoms with E-state index in [1.54, 1.807) is 24.5 Å². The zero-order valence-electron chi connectivity index (χ0n) is 18.5. The Bertz CT molecular complexity index is 1030. The lowest BCUT2D eigenvalue weighted by Gasteiger charge is -2.22. The first kappa shape index (κ1) is 23.8. The van der Waals surface area contributed by atoms with E-state index >= 15 is 0 Å². The molecule has 8 heteroatoms. The Morgan fingerprint density at radius 1 is 1.03 bits per heavy atom. The Balaban J connectivity index is 1.74. The van der Waals surface area contributed by atoms with E-state index in [-0.39, 0.29) is 11.8 Å². The molecule has 170 valence electrons. The molecule has 1 heterocycles. The summed E-state index contributed by atoms with van der Waals surface area (Å²) in [6.07, 6.45) is 1.46. The number of rotatable bonds is 12. The molecule has 2 amide bonds. The van der Waals surface area contributed by atoms with Crippen molar-refractivity contribution in [3.05, 3.63) is 64.1 Å². The lowest BCUT2D eigenvalue weighted by Crippen LogP contribution is -2.32. The van der Waals surface area contributed by atoms with E-state index in [1.807, 2.05) is 42.5 Å². The number of fused-ring (bicyclic) bond motifs is 1. The van der Waals surface area contributed by atoms with Crippen LogP contribution in [0.5, 0.6) is 0 Å². The van der Waals surface area contributed by atoms with Gasteiger partial charge in [-0.15, -0.1) is 11.3 Å². The van der Waals surface area contributed by atoms with Crippen LogP contribution in [0.1, 0.15) is 38.7 Å². The fraction of sp³-hybridized carbons (Fsp3) is 0.375. The molecule has 0 spiro atoms. The average Bonchev–Trinajstić information content (AvgIpc) is 3.29. The van der Waals surface area contributed by atoms with E-state index in [9.17, 15) is 9.59 Å². The van der Waals surface area contributed by atoms with Gasteiger partial charge in [-0.1, -0.05) is 36.4 Å². The third kappa shape index (κ3) is 6.35. The summed E-state index contributed by atoms with van der Waals surface area (Å²) in [6, 6.07) is 13.6. The number of carbonyl (C=O) groups excluding carboxylic acids is 2. The molecule has 0 radical (unpaired) electrons. The van der Waals surface area contributed by atoms with Crippen LogP contribution >= 0.6 is 11.3 Å². The number of ether oxygens (including phenoxy) is 2. The van der Waals surface area contributed by atoms with Gasteiger partial charge >= 0.3 is 0 Å².